The third kappa shape index (κ3) is 5.38. The lowest BCUT2D eigenvalue weighted by Gasteiger charge is -2.15. The van der Waals surface area contributed by atoms with Gasteiger partial charge in [0.15, 0.2) is 11.5 Å². The van der Waals surface area contributed by atoms with Crippen molar-refractivity contribution in [2.45, 2.75) is 13.0 Å². The molecule has 0 bridgehead atoms. The van der Waals surface area contributed by atoms with Gasteiger partial charge in [-0.05, 0) is 31.2 Å². The SMILES string of the molecule is C[C@@H](OC(=O)Nc1c(-c2ccc(NC(=O)c3ccnnc3)cn2)nnn1C)c1cc(F)cnc1F. The molecule has 0 unspecified atom stereocenters. The second-order valence-corrected chi connectivity index (χ2v) is 7.13. The van der Waals surface area contributed by atoms with Crippen LogP contribution in [0.2, 0.25) is 0 Å². The highest BCUT2D eigenvalue weighted by Crippen LogP contribution is 2.26. The van der Waals surface area contributed by atoms with E-state index in [0.717, 1.165) is 12.3 Å². The van der Waals surface area contributed by atoms with E-state index < -0.39 is 29.9 Å². The first-order valence-corrected chi connectivity index (χ1v) is 10.0. The number of anilines is 2. The minimum absolute atomic E-state index is 0.146. The van der Waals surface area contributed by atoms with Crippen molar-refractivity contribution in [2.75, 3.05) is 10.6 Å². The van der Waals surface area contributed by atoms with Gasteiger partial charge in [0.25, 0.3) is 5.91 Å². The summed E-state index contributed by atoms with van der Waals surface area (Å²) < 4.78 is 33.7. The fourth-order valence-electron chi connectivity index (χ4n) is 2.98. The van der Waals surface area contributed by atoms with E-state index in [1.54, 1.807) is 12.1 Å². The summed E-state index contributed by atoms with van der Waals surface area (Å²) in [6.45, 7) is 1.37. The predicted molar refractivity (Wildman–Crippen MR) is 117 cm³/mol. The van der Waals surface area contributed by atoms with E-state index in [2.05, 4.69) is 41.1 Å². The van der Waals surface area contributed by atoms with Crippen molar-refractivity contribution < 1.29 is 23.1 Å². The standard InChI is InChI=1S/C21H17F2N9O3/c1-11(15-7-13(22)9-25-18(15)23)35-21(34)29-19-17(30-31-32(19)2)16-4-3-14(10-24-16)28-20(33)12-5-6-26-27-8-12/h3-11H,1-2H3,(H,28,33)(H,29,34)/t11-/m1/s1. The van der Waals surface area contributed by atoms with Crippen LogP contribution in [0.25, 0.3) is 11.4 Å². The summed E-state index contributed by atoms with van der Waals surface area (Å²) in [6, 6.07) is 5.57. The van der Waals surface area contributed by atoms with Crippen LogP contribution in [0.15, 0.2) is 49.1 Å². The van der Waals surface area contributed by atoms with Gasteiger partial charge in [0.05, 0.1) is 47.3 Å². The maximum Gasteiger partial charge on any atom is 0.413 e. The number of hydrogen-bond acceptors (Lipinski definition) is 9. The van der Waals surface area contributed by atoms with Gasteiger partial charge >= 0.3 is 6.09 Å². The lowest BCUT2D eigenvalue weighted by Crippen LogP contribution is -2.19. The fraction of sp³-hybridized carbons (Fsp3) is 0.143. The molecule has 0 fully saturated rings. The number of rotatable bonds is 6. The number of carbonyl (C=O) groups excluding carboxylic acids is 2. The molecule has 0 aliphatic rings. The van der Waals surface area contributed by atoms with Crippen LogP contribution in [0.3, 0.4) is 0 Å². The molecule has 14 heteroatoms. The molecule has 0 spiro atoms. The number of ether oxygens (including phenoxy) is 1. The Labute approximate surface area is 196 Å². The molecule has 12 nitrogen and oxygen atoms in total. The summed E-state index contributed by atoms with van der Waals surface area (Å²) in [6.07, 6.45) is 2.77. The van der Waals surface area contributed by atoms with Gasteiger partial charge < -0.3 is 10.1 Å². The molecule has 0 radical (unpaired) electrons. The van der Waals surface area contributed by atoms with Crippen molar-refractivity contribution in [3.63, 3.8) is 0 Å². The molecule has 0 saturated heterocycles. The largest absolute Gasteiger partial charge is 0.441 e. The fourth-order valence-corrected chi connectivity index (χ4v) is 2.98. The highest BCUT2D eigenvalue weighted by molar-refractivity contribution is 6.03. The van der Waals surface area contributed by atoms with E-state index in [9.17, 15) is 18.4 Å². The monoisotopic (exact) mass is 481 g/mol. The third-order valence-corrected chi connectivity index (χ3v) is 4.71. The van der Waals surface area contributed by atoms with Gasteiger partial charge in [-0.3, -0.25) is 15.1 Å². The zero-order valence-electron chi connectivity index (χ0n) is 18.3. The van der Waals surface area contributed by atoms with Crippen LogP contribution in [-0.2, 0) is 11.8 Å². The molecule has 4 rings (SSSR count). The number of carbonyl (C=O) groups is 2. The maximum atomic E-state index is 13.9. The third-order valence-electron chi connectivity index (χ3n) is 4.71. The van der Waals surface area contributed by atoms with Crippen molar-refractivity contribution in [1.82, 2.24) is 35.2 Å². The molecular weight excluding hydrogens is 464 g/mol. The van der Waals surface area contributed by atoms with Crippen molar-refractivity contribution in [3.8, 4) is 11.4 Å². The van der Waals surface area contributed by atoms with Crippen molar-refractivity contribution in [2.24, 2.45) is 7.05 Å². The molecule has 0 saturated carbocycles. The molecule has 0 aromatic carbocycles. The van der Waals surface area contributed by atoms with Crippen LogP contribution in [0.5, 0.6) is 0 Å². The first-order chi connectivity index (χ1) is 16.8. The van der Waals surface area contributed by atoms with Gasteiger partial charge in [-0.2, -0.15) is 14.6 Å². The average Bonchev–Trinajstić information content (AvgIpc) is 3.21. The Morgan fingerprint density at radius 3 is 2.60 bits per heavy atom. The minimum atomic E-state index is -1.13. The lowest BCUT2D eigenvalue weighted by atomic mass is 10.2. The number of hydrogen-bond donors (Lipinski definition) is 2. The van der Waals surface area contributed by atoms with Gasteiger partial charge in [-0.1, -0.05) is 5.21 Å². The van der Waals surface area contributed by atoms with Gasteiger partial charge in [0.2, 0.25) is 5.95 Å². The second-order valence-electron chi connectivity index (χ2n) is 7.13. The first kappa shape index (κ1) is 23.3. The quantitative estimate of drug-likeness (QED) is 0.396. The summed E-state index contributed by atoms with van der Waals surface area (Å²) in [5.74, 6) is -1.96. The highest BCUT2D eigenvalue weighted by Gasteiger charge is 2.21. The molecule has 2 amide bonds. The van der Waals surface area contributed by atoms with Crippen molar-refractivity contribution >= 4 is 23.5 Å². The van der Waals surface area contributed by atoms with Gasteiger partial charge in [0, 0.05) is 7.05 Å². The summed E-state index contributed by atoms with van der Waals surface area (Å²) in [4.78, 5) is 32.2. The maximum absolute atomic E-state index is 13.9. The minimum Gasteiger partial charge on any atom is -0.441 e. The Morgan fingerprint density at radius 1 is 1.06 bits per heavy atom. The summed E-state index contributed by atoms with van der Waals surface area (Å²) in [5.41, 5.74) is 1.07. The zero-order chi connectivity index (χ0) is 24.9. The Bertz CT molecular complexity index is 1360. The summed E-state index contributed by atoms with van der Waals surface area (Å²) in [5, 5.41) is 20.3. The Hall–Kier alpha value is -4.88. The lowest BCUT2D eigenvalue weighted by molar-refractivity contribution is 0.102. The number of nitrogens with zero attached hydrogens (tertiary/aromatic N) is 7. The number of amides is 2. The smallest absolute Gasteiger partial charge is 0.413 e. The number of aryl methyl sites for hydroxylation is 1. The van der Waals surface area contributed by atoms with E-state index in [0.29, 0.717) is 16.9 Å². The van der Waals surface area contributed by atoms with Crippen molar-refractivity contribution in [3.05, 3.63) is 71.9 Å². The van der Waals surface area contributed by atoms with Crippen LogP contribution in [0.1, 0.15) is 28.9 Å². The van der Waals surface area contributed by atoms with E-state index in [4.69, 9.17) is 4.74 Å². The molecule has 4 heterocycles. The van der Waals surface area contributed by atoms with E-state index in [-0.39, 0.29) is 17.1 Å². The van der Waals surface area contributed by atoms with Crippen LogP contribution in [0, 0.1) is 11.8 Å². The summed E-state index contributed by atoms with van der Waals surface area (Å²) >= 11 is 0. The molecule has 0 aliphatic carbocycles. The highest BCUT2D eigenvalue weighted by atomic mass is 19.1. The number of nitrogens with one attached hydrogen (secondary N) is 2. The Morgan fingerprint density at radius 2 is 1.89 bits per heavy atom. The molecule has 1 atom stereocenters. The second kappa shape index (κ2) is 9.94. The normalized spacial score (nSPS) is 11.5. The predicted octanol–water partition coefficient (Wildman–Crippen LogP) is 2.90. The van der Waals surface area contributed by atoms with Crippen LogP contribution >= 0.6 is 0 Å². The molecule has 4 aromatic heterocycles. The number of halogens is 2. The van der Waals surface area contributed by atoms with Crippen LogP contribution in [-0.4, -0.2) is 47.2 Å². The van der Waals surface area contributed by atoms with Gasteiger partial charge in [-0.25, -0.2) is 18.9 Å². The molecule has 35 heavy (non-hydrogen) atoms. The molecule has 178 valence electrons. The van der Waals surface area contributed by atoms with Crippen LogP contribution in [0.4, 0.5) is 25.1 Å². The molecule has 2 N–H and O–H groups in total. The molecular formula is C21H17F2N9O3. The Balaban J connectivity index is 1.46. The molecule has 0 aliphatic heterocycles. The average molecular weight is 481 g/mol. The van der Waals surface area contributed by atoms with E-state index in [1.807, 2.05) is 0 Å². The number of pyridine rings is 2. The Kier molecular flexibility index (Phi) is 6.62. The molecule has 4 aromatic rings. The van der Waals surface area contributed by atoms with E-state index in [1.165, 1.54) is 43.3 Å². The summed E-state index contributed by atoms with van der Waals surface area (Å²) in [7, 11) is 1.53. The van der Waals surface area contributed by atoms with Crippen molar-refractivity contribution in [1.29, 1.82) is 0 Å². The number of aromatic nitrogens is 7. The van der Waals surface area contributed by atoms with Gasteiger partial charge in [-0.15, -0.1) is 5.10 Å². The van der Waals surface area contributed by atoms with Gasteiger partial charge in [0.1, 0.15) is 11.9 Å². The topological polar surface area (TPSA) is 150 Å². The van der Waals surface area contributed by atoms with Crippen LogP contribution < -0.4 is 10.6 Å². The first-order valence-electron chi connectivity index (χ1n) is 10.0. The van der Waals surface area contributed by atoms with E-state index >= 15 is 0 Å². The zero-order valence-corrected chi connectivity index (χ0v) is 18.3.